The molecule has 1 N–H and O–H groups in total. The van der Waals surface area contributed by atoms with Crippen LogP contribution in [0.25, 0.3) is 6.08 Å². The van der Waals surface area contributed by atoms with Crippen LogP contribution in [0.4, 0.5) is 10.5 Å². The highest BCUT2D eigenvalue weighted by Crippen LogP contribution is 2.35. The van der Waals surface area contributed by atoms with Crippen molar-refractivity contribution in [1.82, 2.24) is 4.90 Å². The van der Waals surface area contributed by atoms with Gasteiger partial charge in [0.05, 0.1) is 16.4 Å². The Morgan fingerprint density at radius 1 is 1.19 bits per heavy atom. The summed E-state index contributed by atoms with van der Waals surface area (Å²) >= 11 is 6.58. The maximum Gasteiger partial charge on any atom is 0.311 e. The highest BCUT2D eigenvalue weighted by Gasteiger charge is 2.35. The number of carbonyl (C=O) groups excluding carboxylic acids is 2. The number of amides is 2. The molecule has 1 aliphatic rings. The zero-order chi connectivity index (χ0) is 18.8. The van der Waals surface area contributed by atoms with E-state index >= 15 is 0 Å². The van der Waals surface area contributed by atoms with Crippen LogP contribution in [-0.4, -0.2) is 26.1 Å². The first-order valence-electron chi connectivity index (χ1n) is 7.32. The summed E-state index contributed by atoms with van der Waals surface area (Å²) in [6, 6.07) is 10.5. The summed E-state index contributed by atoms with van der Waals surface area (Å²) in [7, 11) is 0. The molecule has 132 valence electrons. The number of aromatic hydroxyl groups is 1. The summed E-state index contributed by atoms with van der Waals surface area (Å²) in [4.78, 5) is 36.0. The molecule has 1 fully saturated rings. The molecule has 0 bridgehead atoms. The van der Waals surface area contributed by atoms with Gasteiger partial charge in [-0.3, -0.25) is 24.6 Å². The van der Waals surface area contributed by atoms with Gasteiger partial charge in [-0.15, -0.1) is 0 Å². The largest absolute Gasteiger partial charge is 0.502 e. The molecule has 7 nitrogen and oxygen atoms in total. The number of carbonyl (C=O) groups is 2. The summed E-state index contributed by atoms with van der Waals surface area (Å²) < 4.78 is 0. The molecule has 1 heterocycles. The molecule has 26 heavy (non-hydrogen) atoms. The molecule has 1 aliphatic heterocycles. The number of benzene rings is 2. The molecule has 2 aromatic rings. The van der Waals surface area contributed by atoms with Gasteiger partial charge >= 0.3 is 5.69 Å². The third kappa shape index (κ3) is 3.71. The molecule has 0 unspecified atom stereocenters. The molecule has 0 saturated carbocycles. The first kappa shape index (κ1) is 18.0. The van der Waals surface area contributed by atoms with Crippen molar-refractivity contribution in [3.05, 3.63) is 73.6 Å². The molecule has 2 aromatic carbocycles. The standard InChI is InChI=1S/C17H11ClN2O5S/c18-12-4-1-10(2-5-12)9-19-16(22)15(26-17(19)23)8-11-3-6-14(21)13(7-11)20(24)25/h1-8,21H,9H2/b15-8+. The molecule has 0 aromatic heterocycles. The van der Waals surface area contributed by atoms with Crippen molar-refractivity contribution in [2.24, 2.45) is 0 Å². The van der Waals surface area contributed by atoms with Crippen LogP contribution >= 0.6 is 23.4 Å². The quantitative estimate of drug-likeness (QED) is 0.477. The molecule has 3 rings (SSSR count). The SMILES string of the molecule is O=C1S/C(=C/c2ccc(O)c([N+](=O)[O-])c2)C(=O)N1Cc1ccc(Cl)cc1. The number of thioether (sulfide) groups is 1. The predicted molar refractivity (Wildman–Crippen MR) is 97.7 cm³/mol. The summed E-state index contributed by atoms with van der Waals surface area (Å²) in [5.41, 5.74) is 0.615. The van der Waals surface area contributed by atoms with E-state index in [0.29, 0.717) is 10.6 Å². The van der Waals surface area contributed by atoms with Gasteiger partial charge in [-0.1, -0.05) is 29.8 Å². The molecule has 9 heteroatoms. The van der Waals surface area contributed by atoms with Crippen molar-refractivity contribution in [3.8, 4) is 5.75 Å². The minimum Gasteiger partial charge on any atom is -0.502 e. The summed E-state index contributed by atoms with van der Waals surface area (Å²) in [6.45, 7) is 0.106. The molecule has 0 aliphatic carbocycles. The lowest BCUT2D eigenvalue weighted by Gasteiger charge is -2.12. The maximum absolute atomic E-state index is 12.5. The van der Waals surface area contributed by atoms with E-state index in [1.165, 1.54) is 18.2 Å². The molecule has 0 atom stereocenters. The van der Waals surface area contributed by atoms with Gasteiger partial charge in [-0.25, -0.2) is 0 Å². The van der Waals surface area contributed by atoms with E-state index < -0.39 is 27.5 Å². The van der Waals surface area contributed by atoms with Crippen molar-refractivity contribution in [2.75, 3.05) is 0 Å². The Labute approximate surface area is 157 Å². The smallest absolute Gasteiger partial charge is 0.311 e. The van der Waals surface area contributed by atoms with Crippen LogP contribution in [0, 0.1) is 10.1 Å². The van der Waals surface area contributed by atoms with E-state index in [9.17, 15) is 24.8 Å². The van der Waals surface area contributed by atoms with Crippen molar-refractivity contribution in [3.63, 3.8) is 0 Å². The number of halogens is 1. The number of phenols is 1. The average molecular weight is 391 g/mol. The summed E-state index contributed by atoms with van der Waals surface area (Å²) in [6.07, 6.45) is 1.39. The Hall–Kier alpha value is -2.84. The number of imide groups is 1. The lowest BCUT2D eigenvalue weighted by molar-refractivity contribution is -0.385. The number of hydrogen-bond acceptors (Lipinski definition) is 6. The van der Waals surface area contributed by atoms with Gasteiger partial charge in [0.15, 0.2) is 5.75 Å². The second-order valence-corrected chi connectivity index (χ2v) is 6.83. The van der Waals surface area contributed by atoms with Crippen LogP contribution < -0.4 is 0 Å². The lowest BCUT2D eigenvalue weighted by Crippen LogP contribution is -2.27. The van der Waals surface area contributed by atoms with Crippen molar-refractivity contribution >= 4 is 46.3 Å². The number of nitro groups is 1. The Morgan fingerprint density at radius 2 is 1.88 bits per heavy atom. The molecular formula is C17H11ClN2O5S. The average Bonchev–Trinajstić information content (AvgIpc) is 2.85. The molecule has 0 spiro atoms. The van der Waals surface area contributed by atoms with Gasteiger partial charge < -0.3 is 5.11 Å². The molecule has 0 radical (unpaired) electrons. The van der Waals surface area contributed by atoms with E-state index in [1.54, 1.807) is 24.3 Å². The van der Waals surface area contributed by atoms with Crippen molar-refractivity contribution < 1.29 is 19.6 Å². The van der Waals surface area contributed by atoms with Crippen LogP contribution in [0.3, 0.4) is 0 Å². The Morgan fingerprint density at radius 3 is 2.54 bits per heavy atom. The number of hydrogen-bond donors (Lipinski definition) is 1. The predicted octanol–water partition coefficient (Wildman–Crippen LogP) is 4.19. The Kier molecular flexibility index (Phi) is 4.97. The minimum atomic E-state index is -0.723. The van der Waals surface area contributed by atoms with Crippen LogP contribution in [0.1, 0.15) is 11.1 Å². The fraction of sp³-hybridized carbons (Fsp3) is 0.0588. The van der Waals surface area contributed by atoms with E-state index in [0.717, 1.165) is 28.3 Å². The van der Waals surface area contributed by atoms with Gasteiger partial charge in [-0.2, -0.15) is 0 Å². The van der Waals surface area contributed by atoms with Crippen LogP contribution in [0.2, 0.25) is 5.02 Å². The molecule has 1 saturated heterocycles. The van der Waals surface area contributed by atoms with E-state index in [1.807, 2.05) is 0 Å². The number of nitro benzene ring substituents is 1. The first-order chi connectivity index (χ1) is 12.3. The fourth-order valence-electron chi connectivity index (χ4n) is 2.34. The zero-order valence-corrected chi connectivity index (χ0v) is 14.7. The third-order valence-corrected chi connectivity index (χ3v) is 4.78. The van der Waals surface area contributed by atoms with Crippen LogP contribution in [0.5, 0.6) is 5.75 Å². The van der Waals surface area contributed by atoms with Gasteiger partial charge in [0, 0.05) is 11.1 Å². The molecule has 2 amide bonds. The van der Waals surface area contributed by atoms with E-state index in [4.69, 9.17) is 11.6 Å². The van der Waals surface area contributed by atoms with Gasteiger partial charge in [0.1, 0.15) is 0 Å². The normalized spacial score (nSPS) is 15.7. The highest BCUT2D eigenvalue weighted by atomic mass is 35.5. The van der Waals surface area contributed by atoms with Crippen molar-refractivity contribution in [1.29, 1.82) is 0 Å². The van der Waals surface area contributed by atoms with Crippen LogP contribution in [-0.2, 0) is 11.3 Å². The number of phenolic OH excluding ortho intramolecular Hbond substituents is 1. The highest BCUT2D eigenvalue weighted by molar-refractivity contribution is 8.18. The van der Waals surface area contributed by atoms with E-state index in [2.05, 4.69) is 0 Å². The first-order valence-corrected chi connectivity index (χ1v) is 8.52. The maximum atomic E-state index is 12.5. The van der Waals surface area contributed by atoms with Crippen LogP contribution in [0.15, 0.2) is 47.4 Å². The van der Waals surface area contributed by atoms with Gasteiger partial charge in [0.25, 0.3) is 11.1 Å². The Balaban J connectivity index is 1.84. The molecular weight excluding hydrogens is 380 g/mol. The fourth-order valence-corrected chi connectivity index (χ4v) is 3.30. The Bertz CT molecular complexity index is 943. The van der Waals surface area contributed by atoms with Gasteiger partial charge in [-0.05, 0) is 47.2 Å². The second kappa shape index (κ2) is 7.19. The summed E-state index contributed by atoms with van der Waals surface area (Å²) in [5, 5.41) is 20.5. The van der Waals surface area contributed by atoms with Gasteiger partial charge in [0.2, 0.25) is 0 Å². The topological polar surface area (TPSA) is 101 Å². The van der Waals surface area contributed by atoms with Crippen molar-refractivity contribution in [2.45, 2.75) is 6.54 Å². The minimum absolute atomic E-state index is 0.106. The number of rotatable bonds is 4. The third-order valence-electron chi connectivity index (χ3n) is 3.62. The summed E-state index contributed by atoms with van der Waals surface area (Å²) in [5.74, 6) is -0.950. The zero-order valence-electron chi connectivity index (χ0n) is 13.1. The lowest BCUT2D eigenvalue weighted by atomic mass is 10.1. The second-order valence-electron chi connectivity index (χ2n) is 5.40. The number of nitrogens with zero attached hydrogens (tertiary/aromatic N) is 2. The monoisotopic (exact) mass is 390 g/mol. The van der Waals surface area contributed by atoms with E-state index in [-0.39, 0.29) is 11.4 Å².